The number of aryl methyl sites for hydroxylation is 1. The second-order valence-electron chi connectivity index (χ2n) is 6.55. The standard InChI is InChI=1S/C21H30N4O2/c1-4-7-14-25-20(26)13-12-19(23-25)21(27)22-15-17-10-8-9-11-18(17)16-24(5-2)6-3/h8-13H,4-7,14-16H2,1-3H3,(H,22,27). The maximum atomic E-state index is 12.5. The number of nitrogens with one attached hydrogen (secondary N) is 1. The lowest BCUT2D eigenvalue weighted by atomic mass is 10.1. The molecule has 0 unspecified atom stereocenters. The van der Waals surface area contributed by atoms with E-state index >= 15 is 0 Å². The first-order valence-corrected chi connectivity index (χ1v) is 9.74. The average molecular weight is 370 g/mol. The third-order valence-corrected chi connectivity index (χ3v) is 4.67. The first-order chi connectivity index (χ1) is 13.1. The van der Waals surface area contributed by atoms with Gasteiger partial charge in [-0.15, -0.1) is 0 Å². The zero-order valence-electron chi connectivity index (χ0n) is 16.6. The summed E-state index contributed by atoms with van der Waals surface area (Å²) >= 11 is 0. The highest BCUT2D eigenvalue weighted by molar-refractivity contribution is 5.91. The number of amides is 1. The molecule has 0 spiro atoms. The van der Waals surface area contributed by atoms with E-state index in [1.54, 1.807) is 0 Å². The fraction of sp³-hybridized carbons (Fsp3) is 0.476. The van der Waals surface area contributed by atoms with Gasteiger partial charge in [-0.3, -0.25) is 14.5 Å². The molecule has 1 aromatic carbocycles. The van der Waals surface area contributed by atoms with Crippen LogP contribution in [0.25, 0.3) is 0 Å². The highest BCUT2D eigenvalue weighted by Crippen LogP contribution is 2.12. The summed E-state index contributed by atoms with van der Waals surface area (Å²) in [5.41, 5.74) is 2.40. The second kappa shape index (κ2) is 10.6. The SMILES string of the molecule is CCCCn1nc(C(=O)NCc2ccccc2CN(CC)CC)ccc1=O. The Labute approximate surface area is 161 Å². The molecule has 27 heavy (non-hydrogen) atoms. The lowest BCUT2D eigenvalue weighted by molar-refractivity contribution is 0.0943. The van der Waals surface area contributed by atoms with Crippen LogP contribution in [0.15, 0.2) is 41.2 Å². The normalized spacial score (nSPS) is 11.0. The van der Waals surface area contributed by atoms with Gasteiger partial charge >= 0.3 is 0 Å². The van der Waals surface area contributed by atoms with Gasteiger partial charge in [0, 0.05) is 25.7 Å². The largest absolute Gasteiger partial charge is 0.347 e. The summed E-state index contributed by atoms with van der Waals surface area (Å²) in [5, 5.41) is 7.14. The van der Waals surface area contributed by atoms with Crippen LogP contribution in [-0.2, 0) is 19.6 Å². The van der Waals surface area contributed by atoms with Crippen LogP contribution in [0.2, 0.25) is 0 Å². The van der Waals surface area contributed by atoms with E-state index < -0.39 is 0 Å². The monoisotopic (exact) mass is 370 g/mol. The molecule has 0 saturated heterocycles. The van der Waals surface area contributed by atoms with Gasteiger partial charge in [0.05, 0.1) is 0 Å². The molecule has 0 bridgehead atoms. The summed E-state index contributed by atoms with van der Waals surface area (Å²) in [4.78, 5) is 26.7. The Balaban J connectivity index is 2.07. The van der Waals surface area contributed by atoms with Crippen LogP contribution in [0.3, 0.4) is 0 Å². The molecule has 1 heterocycles. The number of nitrogens with zero attached hydrogens (tertiary/aromatic N) is 3. The summed E-state index contributed by atoms with van der Waals surface area (Å²) in [5.74, 6) is -0.266. The van der Waals surface area contributed by atoms with Crippen LogP contribution >= 0.6 is 0 Å². The Kier molecular flexibility index (Phi) is 8.20. The van der Waals surface area contributed by atoms with Gasteiger partial charge in [-0.2, -0.15) is 5.10 Å². The molecule has 0 aliphatic carbocycles. The van der Waals surface area contributed by atoms with Crippen molar-refractivity contribution in [2.24, 2.45) is 0 Å². The molecule has 1 N–H and O–H groups in total. The molecule has 1 amide bonds. The number of hydrogen-bond acceptors (Lipinski definition) is 4. The molecule has 0 fully saturated rings. The molecule has 0 radical (unpaired) electrons. The van der Waals surface area contributed by atoms with Gasteiger partial charge in [-0.25, -0.2) is 4.68 Å². The maximum absolute atomic E-state index is 12.5. The molecular formula is C21H30N4O2. The van der Waals surface area contributed by atoms with Crippen LogP contribution in [0.5, 0.6) is 0 Å². The van der Waals surface area contributed by atoms with Gasteiger partial charge in [-0.05, 0) is 36.7 Å². The molecule has 0 atom stereocenters. The Bertz CT molecular complexity index is 797. The number of hydrogen-bond donors (Lipinski definition) is 1. The zero-order chi connectivity index (χ0) is 19.6. The number of unbranched alkanes of at least 4 members (excludes halogenated alkanes) is 1. The lowest BCUT2D eigenvalue weighted by Gasteiger charge is -2.20. The summed E-state index contributed by atoms with van der Waals surface area (Å²) in [6, 6.07) is 11.0. The molecule has 2 rings (SSSR count). The van der Waals surface area contributed by atoms with Crippen molar-refractivity contribution in [1.29, 1.82) is 0 Å². The van der Waals surface area contributed by atoms with Crippen molar-refractivity contribution in [3.63, 3.8) is 0 Å². The summed E-state index contributed by atoms with van der Waals surface area (Å²) in [6.07, 6.45) is 1.82. The first kappa shape index (κ1) is 20.8. The number of benzene rings is 1. The Morgan fingerprint density at radius 3 is 2.44 bits per heavy atom. The van der Waals surface area contributed by atoms with Crippen LogP contribution in [0, 0.1) is 0 Å². The van der Waals surface area contributed by atoms with E-state index in [9.17, 15) is 9.59 Å². The van der Waals surface area contributed by atoms with Crippen molar-refractivity contribution in [2.45, 2.75) is 53.2 Å². The van der Waals surface area contributed by atoms with Crippen LogP contribution in [-0.4, -0.2) is 33.7 Å². The fourth-order valence-electron chi connectivity index (χ4n) is 2.88. The third-order valence-electron chi connectivity index (χ3n) is 4.67. The van der Waals surface area contributed by atoms with Gasteiger partial charge in [0.2, 0.25) is 0 Å². The van der Waals surface area contributed by atoms with Crippen molar-refractivity contribution >= 4 is 5.91 Å². The van der Waals surface area contributed by atoms with Crippen molar-refractivity contribution in [1.82, 2.24) is 20.0 Å². The first-order valence-electron chi connectivity index (χ1n) is 9.74. The minimum absolute atomic E-state index is 0.176. The van der Waals surface area contributed by atoms with E-state index in [0.29, 0.717) is 13.1 Å². The predicted octanol–water partition coefficient (Wildman–Crippen LogP) is 2.82. The van der Waals surface area contributed by atoms with Gasteiger partial charge in [0.15, 0.2) is 0 Å². The van der Waals surface area contributed by atoms with E-state index in [1.165, 1.54) is 22.4 Å². The molecular weight excluding hydrogens is 340 g/mol. The van der Waals surface area contributed by atoms with Crippen molar-refractivity contribution < 1.29 is 4.79 Å². The molecule has 0 aliphatic rings. The lowest BCUT2D eigenvalue weighted by Crippen LogP contribution is -2.30. The van der Waals surface area contributed by atoms with Crippen molar-refractivity contribution in [3.05, 3.63) is 63.6 Å². The average Bonchev–Trinajstić information content (AvgIpc) is 2.70. The number of aromatic nitrogens is 2. The highest BCUT2D eigenvalue weighted by Gasteiger charge is 2.11. The van der Waals surface area contributed by atoms with Crippen LogP contribution in [0.4, 0.5) is 0 Å². The molecule has 0 saturated carbocycles. The molecule has 0 aliphatic heterocycles. The molecule has 6 heteroatoms. The predicted molar refractivity (Wildman–Crippen MR) is 108 cm³/mol. The van der Waals surface area contributed by atoms with Crippen LogP contribution in [0.1, 0.15) is 55.2 Å². The van der Waals surface area contributed by atoms with E-state index in [4.69, 9.17) is 0 Å². The zero-order valence-corrected chi connectivity index (χ0v) is 16.6. The maximum Gasteiger partial charge on any atom is 0.271 e. The number of carbonyl (C=O) groups excluding carboxylic acids is 1. The van der Waals surface area contributed by atoms with Crippen molar-refractivity contribution in [2.75, 3.05) is 13.1 Å². The van der Waals surface area contributed by atoms with Gasteiger partial charge in [0.1, 0.15) is 5.69 Å². The smallest absolute Gasteiger partial charge is 0.271 e. The molecule has 6 nitrogen and oxygen atoms in total. The highest BCUT2D eigenvalue weighted by atomic mass is 16.2. The Hall–Kier alpha value is -2.47. The second-order valence-corrected chi connectivity index (χ2v) is 6.55. The fourth-order valence-corrected chi connectivity index (χ4v) is 2.88. The number of carbonyl (C=O) groups is 1. The van der Waals surface area contributed by atoms with E-state index in [0.717, 1.165) is 38.0 Å². The van der Waals surface area contributed by atoms with E-state index in [1.807, 2.05) is 18.2 Å². The Morgan fingerprint density at radius 2 is 1.78 bits per heavy atom. The molecule has 146 valence electrons. The van der Waals surface area contributed by atoms with Crippen LogP contribution < -0.4 is 10.9 Å². The third kappa shape index (κ3) is 6.03. The topological polar surface area (TPSA) is 67.2 Å². The van der Waals surface area contributed by atoms with E-state index in [2.05, 4.69) is 42.2 Å². The Morgan fingerprint density at radius 1 is 1.07 bits per heavy atom. The minimum Gasteiger partial charge on any atom is -0.347 e. The summed E-state index contributed by atoms with van der Waals surface area (Å²) in [6.45, 7) is 10.1. The minimum atomic E-state index is -0.266. The quantitative estimate of drug-likeness (QED) is 0.698. The van der Waals surface area contributed by atoms with Gasteiger partial charge in [0.25, 0.3) is 11.5 Å². The van der Waals surface area contributed by atoms with E-state index in [-0.39, 0.29) is 17.2 Å². The number of rotatable bonds is 10. The van der Waals surface area contributed by atoms with Crippen molar-refractivity contribution in [3.8, 4) is 0 Å². The summed E-state index contributed by atoms with van der Waals surface area (Å²) < 4.78 is 1.37. The van der Waals surface area contributed by atoms with Gasteiger partial charge < -0.3 is 5.32 Å². The summed E-state index contributed by atoms with van der Waals surface area (Å²) in [7, 11) is 0. The van der Waals surface area contributed by atoms with Gasteiger partial charge in [-0.1, -0.05) is 51.5 Å². The molecule has 1 aromatic heterocycles. The molecule has 2 aromatic rings.